The lowest BCUT2D eigenvalue weighted by atomic mass is 9.81. The molecule has 0 saturated carbocycles. The van der Waals surface area contributed by atoms with Gasteiger partial charge in [0, 0.05) is 42.7 Å². The van der Waals surface area contributed by atoms with Gasteiger partial charge in [0.05, 0.1) is 12.8 Å². The summed E-state index contributed by atoms with van der Waals surface area (Å²) >= 11 is 0. The van der Waals surface area contributed by atoms with Crippen molar-refractivity contribution in [3.05, 3.63) is 101 Å². The molecule has 12 heteroatoms. The largest absolute Gasteiger partial charge is 0.496 e. The quantitative estimate of drug-likeness (QED) is 0.234. The van der Waals surface area contributed by atoms with Crippen LogP contribution in [0.4, 0.5) is 13.2 Å². The molecule has 4 aromatic rings. The van der Waals surface area contributed by atoms with E-state index in [2.05, 4.69) is 80.8 Å². The van der Waals surface area contributed by atoms with E-state index in [9.17, 15) is 13.2 Å². The maximum atomic E-state index is 13.6. The molecule has 0 aliphatic carbocycles. The van der Waals surface area contributed by atoms with E-state index in [0.717, 1.165) is 36.2 Å². The van der Waals surface area contributed by atoms with Crippen LogP contribution in [0, 0.1) is 0 Å². The first-order valence-corrected chi connectivity index (χ1v) is 14.0. The second kappa shape index (κ2) is 13.6. The van der Waals surface area contributed by atoms with Gasteiger partial charge in [0.1, 0.15) is 5.75 Å². The van der Waals surface area contributed by atoms with Gasteiger partial charge in [-0.25, -0.2) is 0 Å². The summed E-state index contributed by atoms with van der Waals surface area (Å²) in [6, 6.07) is 27.2. The Morgan fingerprint density at radius 2 is 1.60 bits per heavy atom. The number of fused-ring (bicyclic) bond motifs is 1. The third-order valence-electron chi connectivity index (χ3n) is 8.63. The van der Waals surface area contributed by atoms with Gasteiger partial charge >= 0.3 is 6.18 Å². The Morgan fingerprint density at radius 1 is 0.953 bits per heavy atom. The van der Waals surface area contributed by atoms with E-state index >= 15 is 0 Å². The highest BCUT2D eigenvalue weighted by molar-refractivity contribution is 5.85. The summed E-state index contributed by atoms with van der Waals surface area (Å²) in [5.41, 5.74) is 3.60. The number of ether oxygens (including phenoxy) is 1. The average Bonchev–Trinajstić information content (AvgIpc) is 3.68. The van der Waals surface area contributed by atoms with Gasteiger partial charge in [-0.3, -0.25) is 9.80 Å². The number of aromatic nitrogens is 4. The third-order valence-corrected chi connectivity index (χ3v) is 8.63. The van der Waals surface area contributed by atoms with Crippen molar-refractivity contribution in [1.29, 1.82) is 0 Å². The van der Waals surface area contributed by atoms with Crippen LogP contribution in [0.1, 0.15) is 48.2 Å². The van der Waals surface area contributed by atoms with E-state index in [1.54, 1.807) is 25.3 Å². The molecule has 1 aromatic heterocycles. The molecule has 0 bridgehead atoms. The van der Waals surface area contributed by atoms with Crippen molar-refractivity contribution < 1.29 is 17.9 Å². The molecule has 7 nitrogen and oxygen atoms in total. The number of rotatable bonds is 7. The number of halogens is 5. The van der Waals surface area contributed by atoms with Gasteiger partial charge in [0.15, 0.2) is 0 Å². The molecule has 0 amide bonds. The van der Waals surface area contributed by atoms with Crippen LogP contribution in [-0.2, 0) is 12.7 Å². The van der Waals surface area contributed by atoms with E-state index in [1.165, 1.54) is 11.1 Å². The van der Waals surface area contributed by atoms with Gasteiger partial charge in [-0.1, -0.05) is 60.7 Å². The van der Waals surface area contributed by atoms with E-state index in [0.29, 0.717) is 18.3 Å². The van der Waals surface area contributed by atoms with Crippen molar-refractivity contribution in [3.63, 3.8) is 0 Å². The maximum Gasteiger partial charge on any atom is 0.453 e. The third kappa shape index (κ3) is 6.52. The zero-order valence-corrected chi connectivity index (χ0v) is 25.5. The number of methoxy groups -OCH3 is 1. The van der Waals surface area contributed by atoms with E-state index in [4.69, 9.17) is 4.74 Å². The molecule has 0 radical (unpaired) electrons. The molecule has 0 spiro atoms. The smallest absolute Gasteiger partial charge is 0.453 e. The van der Waals surface area contributed by atoms with Gasteiger partial charge in [-0.05, 0) is 66.1 Å². The summed E-state index contributed by atoms with van der Waals surface area (Å²) in [7, 11) is 1.58. The fraction of sp³-hybridized carbons (Fsp3) is 0.387. The Kier molecular flexibility index (Phi) is 10.4. The van der Waals surface area contributed by atoms with Gasteiger partial charge in [-0.2, -0.15) is 17.9 Å². The molecule has 0 unspecified atom stereocenters. The predicted molar refractivity (Wildman–Crippen MR) is 163 cm³/mol. The summed E-state index contributed by atoms with van der Waals surface area (Å²) in [5, 5.41) is 10.1. The molecule has 6 rings (SSSR count). The van der Waals surface area contributed by atoms with Crippen LogP contribution in [0.25, 0.3) is 5.69 Å². The predicted octanol–water partition coefficient (Wildman–Crippen LogP) is 6.40. The summed E-state index contributed by atoms with van der Waals surface area (Å²) < 4.78 is 47.1. The van der Waals surface area contributed by atoms with Crippen LogP contribution in [0.2, 0.25) is 0 Å². The highest BCUT2D eigenvalue weighted by Crippen LogP contribution is 2.40. The molecule has 3 atom stereocenters. The normalized spacial score (nSPS) is 20.7. The second-order valence-corrected chi connectivity index (χ2v) is 10.9. The Morgan fingerprint density at radius 3 is 2.21 bits per heavy atom. The molecule has 43 heavy (non-hydrogen) atoms. The minimum Gasteiger partial charge on any atom is -0.496 e. The lowest BCUT2D eigenvalue weighted by Crippen LogP contribution is -2.62. The fourth-order valence-electron chi connectivity index (χ4n) is 6.74. The summed E-state index contributed by atoms with van der Waals surface area (Å²) in [4.78, 5) is 5.15. The maximum absolute atomic E-state index is 13.6. The van der Waals surface area contributed by atoms with Gasteiger partial charge < -0.3 is 4.74 Å². The van der Waals surface area contributed by atoms with Crippen molar-refractivity contribution >= 4 is 24.8 Å². The van der Waals surface area contributed by atoms with Crippen molar-refractivity contribution in [1.82, 2.24) is 30.0 Å². The van der Waals surface area contributed by atoms with Gasteiger partial charge in [0.2, 0.25) is 0 Å². The average molecular weight is 636 g/mol. The molecule has 2 aliphatic heterocycles. The van der Waals surface area contributed by atoms with Gasteiger partial charge in [-0.15, -0.1) is 29.9 Å². The minimum atomic E-state index is -4.67. The van der Waals surface area contributed by atoms with Crippen molar-refractivity contribution in [2.75, 3.05) is 20.2 Å². The zero-order valence-electron chi connectivity index (χ0n) is 23.9. The van der Waals surface area contributed by atoms with Crippen LogP contribution in [-0.4, -0.2) is 68.3 Å². The Balaban J connectivity index is 0.00000212. The summed E-state index contributed by atoms with van der Waals surface area (Å²) in [6.07, 6.45) is -2.41. The Labute approximate surface area is 261 Å². The molecule has 2 saturated heterocycles. The minimum absolute atomic E-state index is 0. The zero-order chi connectivity index (χ0) is 28.6. The Hall–Kier alpha value is -3.18. The molecule has 0 N–H and O–H groups in total. The van der Waals surface area contributed by atoms with E-state index < -0.39 is 12.0 Å². The SMILES string of the molecule is COc1ccc(-n2nnnc2C(F)(F)F)cc1CN1C[C@@H](C(c2ccccc2)c2ccccc2)N2CCC[C@H]2[C@H]1C.Cl.Cl. The van der Waals surface area contributed by atoms with E-state index in [1.807, 2.05) is 12.1 Å². The van der Waals surface area contributed by atoms with E-state index in [-0.39, 0.29) is 48.5 Å². The van der Waals surface area contributed by atoms with Crippen LogP contribution in [0.5, 0.6) is 5.75 Å². The lowest BCUT2D eigenvalue weighted by molar-refractivity contribution is -0.146. The molecule has 2 aliphatic rings. The first-order chi connectivity index (χ1) is 19.8. The molecule has 230 valence electrons. The standard InChI is InChI=1S/C31H33F3N6O.2ClH/c1-21-26-14-9-17-39(26)27(29(22-10-5-3-6-11-22)23-12-7-4-8-13-23)20-38(21)19-24-18-25(15-16-28(24)41-2)40-30(31(32,33)34)35-36-37-40;;/h3-8,10-13,15-16,18,21,26-27,29H,9,14,17,19-20H2,1-2H3;2*1H/t21-,26+,27+;;/m1../s1. The number of benzene rings is 3. The molecule has 2 fully saturated rings. The van der Waals surface area contributed by atoms with Crippen LogP contribution >= 0.6 is 24.8 Å². The van der Waals surface area contributed by atoms with Crippen LogP contribution < -0.4 is 4.74 Å². The van der Waals surface area contributed by atoms with Crippen molar-refractivity contribution in [2.24, 2.45) is 0 Å². The molecule has 3 heterocycles. The summed E-state index contributed by atoms with van der Waals surface area (Å²) in [6.45, 7) is 4.65. The summed E-state index contributed by atoms with van der Waals surface area (Å²) in [5.74, 6) is -0.359. The van der Waals surface area contributed by atoms with Crippen LogP contribution in [0.3, 0.4) is 0 Å². The molecular formula is C31H35Cl2F3N6O. The lowest BCUT2D eigenvalue weighted by Gasteiger charge is -2.51. The monoisotopic (exact) mass is 634 g/mol. The van der Waals surface area contributed by atoms with Crippen LogP contribution in [0.15, 0.2) is 78.9 Å². The first-order valence-electron chi connectivity index (χ1n) is 14.0. The second-order valence-electron chi connectivity index (χ2n) is 10.9. The topological polar surface area (TPSA) is 59.3 Å². The fourth-order valence-corrected chi connectivity index (χ4v) is 6.74. The highest BCUT2D eigenvalue weighted by Gasteiger charge is 2.45. The van der Waals surface area contributed by atoms with Crippen molar-refractivity contribution in [3.8, 4) is 11.4 Å². The molecule has 3 aromatic carbocycles. The number of alkyl halides is 3. The highest BCUT2D eigenvalue weighted by atomic mass is 35.5. The first kappa shape index (κ1) is 32.7. The number of hydrogen-bond acceptors (Lipinski definition) is 6. The Bertz CT molecular complexity index is 1430. The van der Waals surface area contributed by atoms with Crippen molar-refractivity contribution in [2.45, 2.75) is 56.5 Å². The number of tetrazole rings is 1. The molecular weight excluding hydrogens is 600 g/mol. The number of hydrogen-bond donors (Lipinski definition) is 0. The number of nitrogens with zero attached hydrogens (tertiary/aromatic N) is 6. The van der Waals surface area contributed by atoms with Gasteiger partial charge in [0.25, 0.3) is 5.82 Å². The number of piperazine rings is 1.